The van der Waals surface area contributed by atoms with Crippen LogP contribution in [0.25, 0.3) is 11.1 Å². The minimum atomic E-state index is -0.239. The van der Waals surface area contributed by atoms with Gasteiger partial charge in [0, 0.05) is 5.38 Å². The maximum atomic E-state index is 13.3. The van der Waals surface area contributed by atoms with Gasteiger partial charge in [-0.2, -0.15) is 5.10 Å². The molecule has 110 valence electrons. The predicted molar refractivity (Wildman–Crippen MR) is 89.9 cm³/mol. The minimum Gasteiger partial charge on any atom is -0.253 e. The highest BCUT2D eigenvalue weighted by atomic mass is 32.1. The van der Waals surface area contributed by atoms with E-state index in [0.29, 0.717) is 0 Å². The molecule has 3 nitrogen and oxygen atoms in total. The quantitative estimate of drug-likeness (QED) is 0.560. The van der Waals surface area contributed by atoms with Gasteiger partial charge in [0.15, 0.2) is 0 Å². The number of anilines is 1. The standard InChI is InChI=1S/C17H14FN3S/c1-12-11-22-17(20-12)21-19-10-13-4-2-5-14(8-13)15-6-3-7-16(18)9-15/h2-11H,1H3,(H,20,21). The summed E-state index contributed by atoms with van der Waals surface area (Å²) in [5.41, 5.74) is 6.60. The summed E-state index contributed by atoms with van der Waals surface area (Å²) in [4.78, 5) is 4.27. The van der Waals surface area contributed by atoms with Gasteiger partial charge in [-0.25, -0.2) is 9.37 Å². The molecule has 0 saturated carbocycles. The molecule has 1 heterocycles. The van der Waals surface area contributed by atoms with Gasteiger partial charge in [0.2, 0.25) is 5.13 Å². The van der Waals surface area contributed by atoms with Gasteiger partial charge in [0.05, 0.1) is 11.9 Å². The van der Waals surface area contributed by atoms with Gasteiger partial charge in [-0.1, -0.05) is 30.3 Å². The molecule has 1 N–H and O–H groups in total. The second kappa shape index (κ2) is 6.49. The van der Waals surface area contributed by atoms with Crippen molar-refractivity contribution >= 4 is 22.7 Å². The van der Waals surface area contributed by atoms with Gasteiger partial charge in [0.25, 0.3) is 0 Å². The van der Waals surface area contributed by atoms with Crippen molar-refractivity contribution in [1.82, 2.24) is 4.98 Å². The summed E-state index contributed by atoms with van der Waals surface area (Å²) in [5, 5.41) is 6.90. The van der Waals surface area contributed by atoms with E-state index in [2.05, 4.69) is 15.5 Å². The van der Waals surface area contributed by atoms with Crippen LogP contribution in [0, 0.1) is 12.7 Å². The number of aromatic nitrogens is 1. The number of nitrogens with zero attached hydrogens (tertiary/aromatic N) is 2. The van der Waals surface area contributed by atoms with Gasteiger partial charge < -0.3 is 0 Å². The lowest BCUT2D eigenvalue weighted by molar-refractivity contribution is 0.628. The first kappa shape index (κ1) is 14.4. The minimum absolute atomic E-state index is 0.239. The lowest BCUT2D eigenvalue weighted by Crippen LogP contribution is -1.90. The van der Waals surface area contributed by atoms with Crippen molar-refractivity contribution < 1.29 is 4.39 Å². The number of hydrazone groups is 1. The van der Waals surface area contributed by atoms with Gasteiger partial charge in [-0.15, -0.1) is 11.3 Å². The molecule has 0 spiro atoms. The second-order valence-corrected chi connectivity index (χ2v) is 5.66. The van der Waals surface area contributed by atoms with Crippen LogP contribution in [0.1, 0.15) is 11.3 Å². The van der Waals surface area contributed by atoms with Gasteiger partial charge in [-0.05, 0) is 41.8 Å². The van der Waals surface area contributed by atoms with E-state index in [1.165, 1.54) is 23.5 Å². The van der Waals surface area contributed by atoms with E-state index in [4.69, 9.17) is 0 Å². The van der Waals surface area contributed by atoms with Crippen LogP contribution in [0.4, 0.5) is 9.52 Å². The molecule has 0 saturated heterocycles. The van der Waals surface area contributed by atoms with E-state index in [9.17, 15) is 4.39 Å². The number of benzene rings is 2. The Hall–Kier alpha value is -2.53. The summed E-state index contributed by atoms with van der Waals surface area (Å²) in [5.74, 6) is -0.239. The van der Waals surface area contributed by atoms with E-state index in [0.717, 1.165) is 27.5 Å². The summed E-state index contributed by atoms with van der Waals surface area (Å²) in [7, 11) is 0. The third kappa shape index (κ3) is 3.56. The van der Waals surface area contributed by atoms with Crippen molar-refractivity contribution in [2.75, 3.05) is 5.43 Å². The third-order valence-corrected chi connectivity index (χ3v) is 3.90. The van der Waals surface area contributed by atoms with Gasteiger partial charge in [0.1, 0.15) is 5.82 Å². The lowest BCUT2D eigenvalue weighted by Gasteiger charge is -2.03. The van der Waals surface area contributed by atoms with E-state index in [1.807, 2.05) is 42.6 Å². The number of hydrogen-bond donors (Lipinski definition) is 1. The highest BCUT2D eigenvalue weighted by Crippen LogP contribution is 2.21. The monoisotopic (exact) mass is 311 g/mol. The normalized spacial score (nSPS) is 11.0. The number of nitrogens with one attached hydrogen (secondary N) is 1. The molecular formula is C17H14FN3S. The van der Waals surface area contributed by atoms with Crippen molar-refractivity contribution in [3.8, 4) is 11.1 Å². The Labute approximate surface area is 132 Å². The summed E-state index contributed by atoms with van der Waals surface area (Å²) < 4.78 is 13.3. The Kier molecular flexibility index (Phi) is 4.25. The van der Waals surface area contributed by atoms with Crippen LogP contribution < -0.4 is 5.43 Å². The van der Waals surface area contributed by atoms with Crippen LogP contribution in [0.2, 0.25) is 0 Å². The fourth-order valence-corrected chi connectivity index (χ4v) is 2.67. The first-order valence-electron chi connectivity index (χ1n) is 6.78. The first-order chi connectivity index (χ1) is 10.7. The van der Waals surface area contributed by atoms with Gasteiger partial charge >= 0.3 is 0 Å². The van der Waals surface area contributed by atoms with E-state index >= 15 is 0 Å². The molecule has 0 aliphatic carbocycles. The fraction of sp³-hybridized carbons (Fsp3) is 0.0588. The zero-order valence-corrected chi connectivity index (χ0v) is 12.8. The number of thiazole rings is 1. The SMILES string of the molecule is Cc1csc(NN=Cc2cccc(-c3cccc(F)c3)c2)n1. The van der Waals surface area contributed by atoms with Crippen LogP contribution in [-0.2, 0) is 0 Å². The van der Waals surface area contributed by atoms with Crippen molar-refractivity contribution in [2.45, 2.75) is 6.92 Å². The number of rotatable bonds is 4. The molecule has 0 fully saturated rings. The molecule has 0 radical (unpaired) electrons. The molecule has 1 aromatic heterocycles. The molecule has 5 heteroatoms. The predicted octanol–water partition coefficient (Wildman–Crippen LogP) is 4.70. The molecular weight excluding hydrogens is 297 g/mol. The third-order valence-electron chi connectivity index (χ3n) is 3.04. The lowest BCUT2D eigenvalue weighted by atomic mass is 10.0. The molecule has 0 aliphatic heterocycles. The molecule has 3 aromatic rings. The zero-order chi connectivity index (χ0) is 15.4. The smallest absolute Gasteiger partial charge is 0.203 e. The molecule has 0 unspecified atom stereocenters. The Morgan fingerprint density at radius 1 is 1.14 bits per heavy atom. The molecule has 0 bridgehead atoms. The Morgan fingerprint density at radius 3 is 2.64 bits per heavy atom. The van der Waals surface area contributed by atoms with Crippen molar-refractivity contribution in [2.24, 2.45) is 5.10 Å². The van der Waals surface area contributed by atoms with Crippen LogP contribution in [-0.4, -0.2) is 11.2 Å². The van der Waals surface area contributed by atoms with E-state index < -0.39 is 0 Å². The Morgan fingerprint density at radius 2 is 1.91 bits per heavy atom. The Bertz CT molecular complexity index is 811. The summed E-state index contributed by atoms with van der Waals surface area (Å²) in [6.07, 6.45) is 1.72. The van der Waals surface area contributed by atoms with Crippen LogP contribution in [0.5, 0.6) is 0 Å². The van der Waals surface area contributed by atoms with Crippen LogP contribution in [0.15, 0.2) is 59.0 Å². The highest BCUT2D eigenvalue weighted by Gasteiger charge is 2.00. The van der Waals surface area contributed by atoms with E-state index in [1.54, 1.807) is 12.3 Å². The number of hydrogen-bond acceptors (Lipinski definition) is 4. The summed E-state index contributed by atoms with van der Waals surface area (Å²) in [6.45, 7) is 1.94. The van der Waals surface area contributed by atoms with E-state index in [-0.39, 0.29) is 5.82 Å². The topological polar surface area (TPSA) is 37.3 Å². The molecule has 3 rings (SSSR count). The second-order valence-electron chi connectivity index (χ2n) is 4.80. The average molecular weight is 311 g/mol. The molecule has 0 atom stereocenters. The van der Waals surface area contributed by atoms with Gasteiger partial charge in [-0.3, -0.25) is 5.43 Å². The summed E-state index contributed by atoms with van der Waals surface area (Å²) >= 11 is 1.51. The molecule has 0 aliphatic rings. The van der Waals surface area contributed by atoms with Crippen molar-refractivity contribution in [3.05, 3.63) is 71.0 Å². The molecule has 2 aromatic carbocycles. The zero-order valence-electron chi connectivity index (χ0n) is 12.0. The first-order valence-corrected chi connectivity index (χ1v) is 7.66. The maximum absolute atomic E-state index is 13.3. The molecule has 22 heavy (non-hydrogen) atoms. The summed E-state index contributed by atoms with van der Waals surface area (Å²) in [6, 6.07) is 14.3. The highest BCUT2D eigenvalue weighted by molar-refractivity contribution is 7.13. The van der Waals surface area contributed by atoms with Crippen molar-refractivity contribution in [1.29, 1.82) is 0 Å². The largest absolute Gasteiger partial charge is 0.253 e. The molecule has 0 amide bonds. The fourth-order valence-electron chi connectivity index (χ4n) is 2.03. The van der Waals surface area contributed by atoms with Crippen LogP contribution >= 0.6 is 11.3 Å². The van der Waals surface area contributed by atoms with Crippen LogP contribution in [0.3, 0.4) is 0 Å². The Balaban J connectivity index is 1.76. The van der Waals surface area contributed by atoms with Crippen molar-refractivity contribution in [3.63, 3.8) is 0 Å². The number of aryl methyl sites for hydroxylation is 1. The number of halogens is 1. The average Bonchev–Trinajstić information content (AvgIpc) is 2.93. The maximum Gasteiger partial charge on any atom is 0.203 e.